The number of hydrogen-bond acceptors (Lipinski definition) is 18. The number of nitrogens with zero attached hydrogens (tertiary/aromatic N) is 10. The summed E-state index contributed by atoms with van der Waals surface area (Å²) in [6.07, 6.45) is 31.9. The number of amides is 2. The van der Waals surface area contributed by atoms with E-state index in [1.54, 1.807) is 18.4 Å². The number of fused-ring (bicyclic) bond motifs is 2. The molecule has 4 bridgehead atoms. The molecule has 22 heteroatoms. The van der Waals surface area contributed by atoms with E-state index in [4.69, 9.17) is 34.6 Å². The van der Waals surface area contributed by atoms with Crippen molar-refractivity contribution in [1.82, 2.24) is 55.4 Å². The fraction of sp³-hybridized carbons (Fsp3) is 0.605. The molecule has 4 N–H and O–H groups in total. The van der Waals surface area contributed by atoms with Gasteiger partial charge in [0.2, 0.25) is 17.6 Å². The van der Waals surface area contributed by atoms with Crippen LogP contribution in [0.1, 0.15) is 242 Å². The van der Waals surface area contributed by atoms with Crippen LogP contribution in [0, 0.1) is 36.0 Å². The standard InChI is InChI=1S/C81H109N13O7S2/c1-54-60-32-26-40-93(72(60)90-89-71(54)88-77-85-63-33-21-22-35-66(63)103-77)67-37-36-61(69(86-67)76(98)99)62-45-83-94(56(62)3)53-80-48-78(4)47-79(5,49-80)51-81(50-78,52-80)101-43-41-91(7)38-23-16-14-12-10-8-9-11-13-15-17-24-42-100-59-31-25-30-58(44-59)70(95)64-46-102-74(84-64)65-34-27-39-92(65)75(97)68(57-28-19-18-20-29-57)87-73(96)55(2)82-6/h21-22,25,30-31,33,35-37,44-46,55,57,65,68,82H,8-20,23-24,26-29,32,34,38-43,47-53H2,1-7H3,(H,87,96)(H,98,99)(H,85,88,89)/t55-,65-,68-,78?,79?,80?,81?/m0/s1. The number of rotatable bonds is 35. The van der Waals surface area contributed by atoms with Crippen molar-refractivity contribution in [3.63, 3.8) is 0 Å². The number of carboxylic acids is 1. The van der Waals surface area contributed by atoms with Crippen LogP contribution in [0.4, 0.5) is 22.6 Å². The molecule has 103 heavy (non-hydrogen) atoms. The lowest BCUT2D eigenvalue weighted by molar-refractivity contribution is -0.248. The van der Waals surface area contributed by atoms with Crippen LogP contribution in [-0.2, 0) is 27.3 Å². The summed E-state index contributed by atoms with van der Waals surface area (Å²) < 4.78 is 16.6. The highest BCUT2D eigenvalue weighted by molar-refractivity contribution is 7.22. The highest BCUT2D eigenvalue weighted by atomic mass is 32.1. The Bertz CT molecular complexity index is 4070. The Balaban J connectivity index is 0.498. The molecular formula is C81H109N13O7S2. The minimum atomic E-state index is -1.08. The number of carboxylic acid groups (broad SMARTS) is 1. The van der Waals surface area contributed by atoms with Crippen LogP contribution >= 0.6 is 22.7 Å². The largest absolute Gasteiger partial charge is 0.494 e. The molecule has 552 valence electrons. The first kappa shape index (κ1) is 74.0. The maximum Gasteiger partial charge on any atom is 0.355 e. The monoisotopic (exact) mass is 1440 g/mol. The number of likely N-dealkylation sites (tertiary alicyclic amines) is 1. The number of likely N-dealkylation sites (N-methyl/N-ethyl adjacent to an activating group) is 2. The molecule has 5 saturated carbocycles. The minimum Gasteiger partial charge on any atom is -0.494 e. The number of ether oxygens (including phenoxy) is 2. The lowest BCUT2D eigenvalue weighted by atomic mass is 9.39. The van der Waals surface area contributed by atoms with Crippen LogP contribution in [0.3, 0.4) is 0 Å². The number of carbonyl (C=O) groups excluding carboxylic acids is 3. The van der Waals surface area contributed by atoms with Gasteiger partial charge in [-0.2, -0.15) is 5.10 Å². The molecule has 20 nitrogen and oxygen atoms in total. The average molecular weight is 1440 g/mol. The second-order valence-corrected chi connectivity index (χ2v) is 34.1. The van der Waals surface area contributed by atoms with Gasteiger partial charge in [0, 0.05) is 65.1 Å². The quantitative estimate of drug-likeness (QED) is 0.0213. The highest BCUT2D eigenvalue weighted by Crippen LogP contribution is 2.72. The number of pyridine rings is 1. The van der Waals surface area contributed by atoms with E-state index in [0.29, 0.717) is 59.7 Å². The van der Waals surface area contributed by atoms with Crippen LogP contribution in [0.25, 0.3) is 21.3 Å². The molecule has 7 heterocycles. The van der Waals surface area contributed by atoms with E-state index in [1.165, 1.54) is 82.0 Å². The van der Waals surface area contributed by atoms with E-state index in [-0.39, 0.29) is 57.1 Å². The number of thiazole rings is 2. The third kappa shape index (κ3) is 17.2. The van der Waals surface area contributed by atoms with Gasteiger partial charge in [0.25, 0.3) is 0 Å². The van der Waals surface area contributed by atoms with Crippen molar-refractivity contribution in [1.29, 1.82) is 0 Å². The Morgan fingerprint density at radius 1 is 0.757 bits per heavy atom. The first-order valence-corrected chi connectivity index (χ1v) is 40.4. The molecule has 5 aromatic heterocycles. The Labute approximate surface area is 616 Å². The molecule has 2 aliphatic heterocycles. The Hall–Kier alpha value is -7.24. The zero-order valence-electron chi connectivity index (χ0n) is 62.0. The Morgan fingerprint density at radius 2 is 1.50 bits per heavy atom. The van der Waals surface area contributed by atoms with Gasteiger partial charge in [0.1, 0.15) is 28.3 Å². The van der Waals surface area contributed by atoms with Gasteiger partial charge in [-0.05, 0) is 190 Å². The number of anilines is 4. The molecule has 6 fully saturated rings. The number of nitrogens with one attached hydrogen (secondary N) is 3. The summed E-state index contributed by atoms with van der Waals surface area (Å²) >= 11 is 3.01. The fourth-order valence-electron chi connectivity index (χ4n) is 19.4. The third-order valence-electron chi connectivity index (χ3n) is 23.6. The van der Waals surface area contributed by atoms with E-state index in [2.05, 4.69) is 71.4 Å². The van der Waals surface area contributed by atoms with Crippen molar-refractivity contribution in [3.8, 4) is 16.9 Å². The number of carbonyl (C=O) groups is 4. The van der Waals surface area contributed by atoms with E-state index in [9.17, 15) is 24.3 Å². The molecule has 2 aromatic carbocycles. The summed E-state index contributed by atoms with van der Waals surface area (Å²) in [4.78, 5) is 75.1. The van der Waals surface area contributed by atoms with E-state index in [1.807, 2.05) is 82.9 Å². The van der Waals surface area contributed by atoms with Crippen molar-refractivity contribution in [2.24, 2.45) is 22.2 Å². The van der Waals surface area contributed by atoms with Gasteiger partial charge in [0.05, 0.1) is 47.3 Å². The number of para-hydroxylation sites is 1. The molecule has 0 spiro atoms. The number of hydrogen-bond donors (Lipinski definition) is 4. The first-order chi connectivity index (χ1) is 49.8. The van der Waals surface area contributed by atoms with Crippen LogP contribution in [0.2, 0.25) is 0 Å². The summed E-state index contributed by atoms with van der Waals surface area (Å²) in [6.45, 7) is 16.4. The first-order valence-electron chi connectivity index (χ1n) is 38.7. The van der Waals surface area contributed by atoms with Crippen LogP contribution in [-0.4, -0.2) is 145 Å². The van der Waals surface area contributed by atoms with E-state index in [0.717, 1.165) is 172 Å². The summed E-state index contributed by atoms with van der Waals surface area (Å²) in [7, 11) is 4.01. The number of aromatic carboxylic acids is 1. The molecule has 5 atom stereocenters. The topological polar surface area (TPSA) is 235 Å². The van der Waals surface area contributed by atoms with E-state index < -0.39 is 18.1 Å². The molecule has 14 rings (SSSR count). The summed E-state index contributed by atoms with van der Waals surface area (Å²) in [5, 5.41) is 38.0. The van der Waals surface area contributed by atoms with Gasteiger partial charge < -0.3 is 45.2 Å². The molecule has 7 aromatic rings. The zero-order chi connectivity index (χ0) is 71.9. The molecule has 2 amide bonds. The van der Waals surface area contributed by atoms with Crippen LogP contribution in [0.15, 0.2) is 72.2 Å². The fourth-order valence-corrected chi connectivity index (χ4v) is 21.2. The molecule has 1 saturated heterocycles. The van der Waals surface area contributed by atoms with Gasteiger partial charge in [-0.1, -0.05) is 133 Å². The van der Waals surface area contributed by atoms with Crippen molar-refractivity contribution < 1.29 is 33.8 Å². The number of aromatic nitrogens is 7. The number of benzene rings is 2. The normalized spacial score (nSPS) is 23.0. The van der Waals surface area contributed by atoms with Gasteiger partial charge in [-0.3, -0.25) is 19.1 Å². The summed E-state index contributed by atoms with van der Waals surface area (Å²) in [5.41, 5.74) is 6.48. The smallest absolute Gasteiger partial charge is 0.355 e. The van der Waals surface area contributed by atoms with Gasteiger partial charge >= 0.3 is 5.97 Å². The van der Waals surface area contributed by atoms with Crippen molar-refractivity contribution in [3.05, 3.63) is 111 Å². The Kier molecular flexibility index (Phi) is 23.5. The molecule has 5 aliphatic carbocycles. The molecule has 2 unspecified atom stereocenters. The third-order valence-corrected chi connectivity index (χ3v) is 25.5. The average Bonchev–Trinajstić information content (AvgIpc) is 1.67. The highest BCUT2D eigenvalue weighted by Gasteiger charge is 2.66. The van der Waals surface area contributed by atoms with Crippen molar-refractivity contribution >= 4 is 79.0 Å². The van der Waals surface area contributed by atoms with Gasteiger partial charge in [0.15, 0.2) is 22.5 Å². The van der Waals surface area contributed by atoms with Crippen molar-refractivity contribution in [2.75, 3.05) is 63.7 Å². The second kappa shape index (κ2) is 32.6. The van der Waals surface area contributed by atoms with E-state index >= 15 is 0 Å². The SMILES string of the molecule is CN[C@@H](C)C(=O)N[C@H](C(=O)N1CCC[C@H]1c1nc(C(=O)c2cccc(OCCCCCCCCCCCCCCN(C)CCOC34CC5(C)CC(C)(CC(Cn6ncc(-c7ccc(N8CCCc9c8nnc(Nc8nc%10ccccc%10s8)c9C)nc7C(=O)O)c6C)(C5)C3)C4)c2)cs1)C1CCCCC1. The zero-order valence-corrected chi connectivity index (χ0v) is 63.6. The maximum atomic E-state index is 14.3. The summed E-state index contributed by atoms with van der Waals surface area (Å²) in [5.74, 6) is 1.28. The predicted octanol–water partition coefficient (Wildman–Crippen LogP) is 16.3. The van der Waals surface area contributed by atoms with Crippen molar-refractivity contribution in [2.45, 2.75) is 238 Å². The minimum absolute atomic E-state index is 0.000168. The lowest BCUT2D eigenvalue weighted by Crippen LogP contribution is -2.64. The van der Waals surface area contributed by atoms with Crippen LogP contribution in [0.5, 0.6) is 5.75 Å². The maximum absolute atomic E-state index is 14.3. The Morgan fingerprint density at radius 3 is 2.23 bits per heavy atom. The second-order valence-electron chi connectivity index (χ2n) is 32.1. The molecule has 7 aliphatic rings. The van der Waals surface area contributed by atoms with Crippen LogP contribution < -0.4 is 25.6 Å². The predicted molar refractivity (Wildman–Crippen MR) is 408 cm³/mol. The summed E-state index contributed by atoms with van der Waals surface area (Å²) in [6, 6.07) is 18.1. The molecule has 0 radical (unpaired) electrons. The lowest BCUT2D eigenvalue weighted by Gasteiger charge is -2.69. The molecular weight excluding hydrogens is 1330 g/mol. The van der Waals surface area contributed by atoms with Gasteiger partial charge in [-0.15, -0.1) is 21.5 Å². The van der Waals surface area contributed by atoms with Gasteiger partial charge in [-0.25, -0.2) is 19.7 Å². The number of unbranched alkanes of at least 4 members (excludes halogenated alkanes) is 11. The number of ketones is 1.